The molecule has 1 amide bonds. The number of amides is 1. The number of halogens is 4. The Hall–Kier alpha value is -2.74. The Morgan fingerprint density at radius 2 is 1.85 bits per heavy atom. The smallest absolute Gasteiger partial charge is 0.416 e. The number of anilines is 2. The summed E-state index contributed by atoms with van der Waals surface area (Å²) in [5.41, 5.74) is 6.01. The molecule has 0 fully saturated rings. The van der Waals surface area contributed by atoms with Gasteiger partial charge in [-0.1, -0.05) is 28.1 Å². The van der Waals surface area contributed by atoms with E-state index < -0.39 is 17.6 Å². The third-order valence-electron chi connectivity index (χ3n) is 3.57. The minimum Gasteiger partial charge on any atom is -0.451 e. The van der Waals surface area contributed by atoms with Gasteiger partial charge in [0, 0.05) is 10.0 Å². The van der Waals surface area contributed by atoms with Gasteiger partial charge in [-0.15, -0.1) is 0 Å². The summed E-state index contributed by atoms with van der Waals surface area (Å²) in [5.74, 6) is -0.443. The van der Waals surface area contributed by atoms with Crippen molar-refractivity contribution in [2.45, 2.75) is 6.18 Å². The third kappa shape index (κ3) is 3.91. The highest BCUT2D eigenvalue weighted by molar-refractivity contribution is 9.10. The number of rotatable bonds is 3. The van der Waals surface area contributed by atoms with Gasteiger partial charge in [0.1, 0.15) is 5.76 Å². The molecule has 0 atom stereocenters. The maximum atomic E-state index is 12.8. The number of furan rings is 1. The number of alkyl halides is 3. The zero-order chi connectivity index (χ0) is 18.9. The monoisotopic (exact) mass is 424 g/mol. The summed E-state index contributed by atoms with van der Waals surface area (Å²) in [6.45, 7) is 0. The Morgan fingerprint density at radius 3 is 2.54 bits per heavy atom. The summed E-state index contributed by atoms with van der Waals surface area (Å²) in [4.78, 5) is 12.3. The molecule has 0 saturated carbocycles. The fourth-order valence-electron chi connectivity index (χ4n) is 2.30. The second-order valence-corrected chi connectivity index (χ2v) is 6.34. The fraction of sp³-hybridized carbons (Fsp3) is 0.0556. The number of hydrogen-bond acceptors (Lipinski definition) is 3. The zero-order valence-corrected chi connectivity index (χ0v) is 14.7. The van der Waals surface area contributed by atoms with Crippen LogP contribution in [0.3, 0.4) is 0 Å². The average molecular weight is 425 g/mol. The second kappa shape index (κ2) is 6.87. The van der Waals surface area contributed by atoms with Crippen molar-refractivity contribution in [2.75, 3.05) is 11.1 Å². The molecule has 0 unspecified atom stereocenters. The van der Waals surface area contributed by atoms with Gasteiger partial charge in [0.2, 0.25) is 0 Å². The second-order valence-electron chi connectivity index (χ2n) is 5.43. The predicted octanol–water partition coefficient (Wildman–Crippen LogP) is 5.56. The van der Waals surface area contributed by atoms with E-state index in [0.717, 1.165) is 16.6 Å². The van der Waals surface area contributed by atoms with Crippen molar-refractivity contribution in [1.29, 1.82) is 0 Å². The first-order valence-corrected chi connectivity index (χ1v) is 8.17. The Morgan fingerprint density at radius 1 is 1.08 bits per heavy atom. The number of carbonyl (C=O) groups is 1. The average Bonchev–Trinajstić information content (AvgIpc) is 3.07. The Bertz CT molecular complexity index is 967. The van der Waals surface area contributed by atoms with Crippen molar-refractivity contribution >= 4 is 33.2 Å². The highest BCUT2D eigenvalue weighted by atomic mass is 79.9. The molecule has 1 heterocycles. The summed E-state index contributed by atoms with van der Waals surface area (Å²) >= 11 is 3.27. The summed E-state index contributed by atoms with van der Waals surface area (Å²) < 4.78 is 44.6. The number of nitrogen functional groups attached to an aromatic ring is 1. The lowest BCUT2D eigenvalue weighted by atomic mass is 10.1. The lowest BCUT2D eigenvalue weighted by Gasteiger charge is -2.08. The third-order valence-corrected chi connectivity index (χ3v) is 4.06. The Balaban J connectivity index is 1.82. The van der Waals surface area contributed by atoms with E-state index in [-0.39, 0.29) is 17.1 Å². The summed E-state index contributed by atoms with van der Waals surface area (Å²) in [6, 6.07) is 12.5. The van der Waals surface area contributed by atoms with Crippen molar-refractivity contribution in [3.05, 3.63) is 70.4 Å². The van der Waals surface area contributed by atoms with Crippen LogP contribution in [0.1, 0.15) is 16.1 Å². The van der Waals surface area contributed by atoms with Gasteiger partial charge in [0.05, 0.1) is 16.9 Å². The molecule has 2 aromatic carbocycles. The van der Waals surface area contributed by atoms with Crippen molar-refractivity contribution < 1.29 is 22.4 Å². The van der Waals surface area contributed by atoms with E-state index in [1.807, 2.05) is 0 Å². The van der Waals surface area contributed by atoms with Crippen molar-refractivity contribution in [2.24, 2.45) is 0 Å². The van der Waals surface area contributed by atoms with Gasteiger partial charge in [-0.3, -0.25) is 4.79 Å². The molecule has 1 aromatic heterocycles. The van der Waals surface area contributed by atoms with Gasteiger partial charge in [-0.05, 0) is 42.5 Å². The van der Waals surface area contributed by atoms with Gasteiger partial charge in [0.15, 0.2) is 5.76 Å². The van der Waals surface area contributed by atoms with Crippen LogP contribution < -0.4 is 11.1 Å². The van der Waals surface area contributed by atoms with E-state index in [9.17, 15) is 18.0 Å². The summed E-state index contributed by atoms with van der Waals surface area (Å²) in [7, 11) is 0. The molecule has 134 valence electrons. The molecule has 0 aliphatic heterocycles. The van der Waals surface area contributed by atoms with Crippen LogP contribution in [-0.4, -0.2) is 5.91 Å². The SMILES string of the molecule is Nc1cc(Br)ccc1NC(=O)c1ccc(-c2cccc(C(F)(F)F)c2)o1. The van der Waals surface area contributed by atoms with E-state index in [1.54, 1.807) is 18.2 Å². The molecular formula is C18H12BrF3N2O2. The highest BCUT2D eigenvalue weighted by Crippen LogP contribution is 2.33. The highest BCUT2D eigenvalue weighted by Gasteiger charge is 2.30. The van der Waals surface area contributed by atoms with Crippen molar-refractivity contribution in [1.82, 2.24) is 0 Å². The number of benzene rings is 2. The lowest BCUT2D eigenvalue weighted by molar-refractivity contribution is -0.137. The molecular weight excluding hydrogens is 413 g/mol. The standard InChI is InChI=1S/C18H12BrF3N2O2/c19-12-4-5-14(13(23)9-12)24-17(25)16-7-6-15(26-16)10-2-1-3-11(8-10)18(20,21)22/h1-9H,23H2,(H,24,25). The van der Waals surface area contributed by atoms with Crippen molar-refractivity contribution in [3.63, 3.8) is 0 Å². The van der Waals surface area contributed by atoms with E-state index in [0.29, 0.717) is 11.4 Å². The number of nitrogens with one attached hydrogen (secondary N) is 1. The van der Waals surface area contributed by atoms with E-state index in [4.69, 9.17) is 10.2 Å². The minimum absolute atomic E-state index is 0.0419. The van der Waals surface area contributed by atoms with Crippen LogP contribution in [0.5, 0.6) is 0 Å². The van der Waals surface area contributed by atoms with Crippen LogP contribution in [0.15, 0.2) is 63.5 Å². The zero-order valence-electron chi connectivity index (χ0n) is 13.1. The molecule has 4 nitrogen and oxygen atoms in total. The first kappa shape index (κ1) is 18.1. The molecule has 8 heteroatoms. The maximum Gasteiger partial charge on any atom is 0.416 e. The molecule has 0 radical (unpaired) electrons. The lowest BCUT2D eigenvalue weighted by Crippen LogP contribution is -2.12. The normalized spacial score (nSPS) is 11.4. The molecule has 3 N–H and O–H groups in total. The van der Waals surface area contributed by atoms with Gasteiger partial charge in [-0.25, -0.2) is 0 Å². The molecule has 0 saturated heterocycles. The fourth-order valence-corrected chi connectivity index (χ4v) is 2.67. The molecule has 0 bridgehead atoms. The van der Waals surface area contributed by atoms with Crippen LogP contribution in [0.25, 0.3) is 11.3 Å². The molecule has 0 aliphatic carbocycles. The molecule has 3 rings (SSSR count). The molecule has 0 spiro atoms. The van der Waals surface area contributed by atoms with Gasteiger partial charge in [0.25, 0.3) is 5.91 Å². The number of carbonyl (C=O) groups excluding carboxylic acids is 1. The number of hydrogen-bond donors (Lipinski definition) is 2. The first-order chi connectivity index (χ1) is 12.2. The van der Waals surface area contributed by atoms with Gasteiger partial charge < -0.3 is 15.5 Å². The Kier molecular flexibility index (Phi) is 4.78. The minimum atomic E-state index is -4.46. The predicted molar refractivity (Wildman–Crippen MR) is 95.7 cm³/mol. The quantitative estimate of drug-likeness (QED) is 0.540. The Labute approximate surface area is 154 Å². The van der Waals surface area contributed by atoms with Crippen molar-refractivity contribution in [3.8, 4) is 11.3 Å². The largest absolute Gasteiger partial charge is 0.451 e. The maximum absolute atomic E-state index is 12.8. The number of nitrogens with two attached hydrogens (primary N) is 1. The van der Waals surface area contributed by atoms with Gasteiger partial charge >= 0.3 is 6.18 Å². The van der Waals surface area contributed by atoms with Crippen LogP contribution in [0, 0.1) is 0 Å². The molecule has 0 aliphatic rings. The van der Waals surface area contributed by atoms with Crippen LogP contribution in [0.4, 0.5) is 24.5 Å². The van der Waals surface area contributed by atoms with Crippen LogP contribution >= 0.6 is 15.9 Å². The van der Waals surface area contributed by atoms with E-state index in [1.165, 1.54) is 24.3 Å². The van der Waals surface area contributed by atoms with E-state index >= 15 is 0 Å². The summed E-state index contributed by atoms with van der Waals surface area (Å²) in [5, 5.41) is 2.60. The summed E-state index contributed by atoms with van der Waals surface area (Å²) in [6.07, 6.45) is -4.46. The molecule has 26 heavy (non-hydrogen) atoms. The van der Waals surface area contributed by atoms with Crippen LogP contribution in [0.2, 0.25) is 0 Å². The van der Waals surface area contributed by atoms with Crippen LogP contribution in [-0.2, 0) is 6.18 Å². The first-order valence-electron chi connectivity index (χ1n) is 7.38. The van der Waals surface area contributed by atoms with E-state index in [2.05, 4.69) is 21.2 Å². The van der Waals surface area contributed by atoms with Gasteiger partial charge in [-0.2, -0.15) is 13.2 Å². The molecule has 3 aromatic rings. The topological polar surface area (TPSA) is 68.3 Å².